The van der Waals surface area contributed by atoms with Crippen molar-refractivity contribution in [3.8, 4) is 22.9 Å². The summed E-state index contributed by atoms with van der Waals surface area (Å²) in [5, 5.41) is 27.6. The van der Waals surface area contributed by atoms with Gasteiger partial charge in [0.15, 0.2) is 6.61 Å². The predicted octanol–water partition coefficient (Wildman–Crippen LogP) is 2.82. The summed E-state index contributed by atoms with van der Waals surface area (Å²) in [5.41, 5.74) is 3.24. The molecule has 0 atom stereocenters. The summed E-state index contributed by atoms with van der Waals surface area (Å²) in [6, 6.07) is 11.5. The van der Waals surface area contributed by atoms with Gasteiger partial charge in [-0.1, -0.05) is 0 Å². The SMILES string of the molecule is O=C(O)COc1ccc(Cc2cc(-c3ncnc4cc(N5CCOCC5)ccc34)c(F)cc2O)nn1. The van der Waals surface area contributed by atoms with Crippen LogP contribution in [0.25, 0.3) is 22.2 Å². The number of aliphatic carboxylic acids is 1. The van der Waals surface area contributed by atoms with Gasteiger partial charge < -0.3 is 24.6 Å². The van der Waals surface area contributed by atoms with Crippen LogP contribution in [0.5, 0.6) is 11.6 Å². The van der Waals surface area contributed by atoms with E-state index in [1.165, 1.54) is 12.4 Å². The van der Waals surface area contributed by atoms with Crippen LogP contribution in [0.3, 0.4) is 0 Å². The van der Waals surface area contributed by atoms with Gasteiger partial charge >= 0.3 is 5.97 Å². The number of aromatic hydroxyl groups is 1. The standard InChI is InChI=1S/C25H22FN5O5/c26-20-12-22(32)15(9-16-1-4-23(30-29-16)36-13-24(33)34)10-19(20)25-18-3-2-17(11-21(18)27-14-28-25)31-5-7-35-8-6-31/h1-4,10-12,14,32H,5-9,13H2,(H,33,34). The van der Waals surface area contributed by atoms with E-state index < -0.39 is 18.4 Å². The quantitative estimate of drug-likeness (QED) is 0.398. The van der Waals surface area contributed by atoms with E-state index in [-0.39, 0.29) is 23.6 Å². The minimum atomic E-state index is -1.13. The first kappa shape index (κ1) is 23.4. The number of ether oxygens (including phenoxy) is 2. The van der Waals surface area contributed by atoms with Gasteiger partial charge in [-0.25, -0.2) is 19.2 Å². The molecule has 0 aliphatic carbocycles. The van der Waals surface area contributed by atoms with Gasteiger partial charge in [-0.15, -0.1) is 5.10 Å². The highest BCUT2D eigenvalue weighted by Crippen LogP contribution is 2.34. The Morgan fingerprint density at radius 3 is 2.67 bits per heavy atom. The summed E-state index contributed by atoms with van der Waals surface area (Å²) >= 11 is 0. The Bertz CT molecular complexity index is 1410. The van der Waals surface area contributed by atoms with Gasteiger partial charge in [0.1, 0.15) is 17.9 Å². The second kappa shape index (κ2) is 10.1. The van der Waals surface area contributed by atoms with Crippen molar-refractivity contribution in [2.45, 2.75) is 6.42 Å². The van der Waals surface area contributed by atoms with Crippen LogP contribution in [0.15, 0.2) is 48.8 Å². The molecule has 1 fully saturated rings. The number of morpholine rings is 1. The second-order valence-corrected chi connectivity index (χ2v) is 8.21. The molecule has 2 N–H and O–H groups in total. The number of fused-ring (bicyclic) bond motifs is 1. The molecule has 5 rings (SSSR count). The Balaban J connectivity index is 1.44. The maximum Gasteiger partial charge on any atom is 0.341 e. The molecule has 0 unspecified atom stereocenters. The second-order valence-electron chi connectivity index (χ2n) is 8.21. The Hall–Kier alpha value is -4.38. The molecule has 184 valence electrons. The van der Waals surface area contributed by atoms with Crippen molar-refractivity contribution in [2.24, 2.45) is 0 Å². The third-order valence-corrected chi connectivity index (χ3v) is 5.83. The van der Waals surface area contributed by atoms with Crippen molar-refractivity contribution < 1.29 is 28.9 Å². The molecular weight excluding hydrogens is 469 g/mol. The van der Waals surface area contributed by atoms with E-state index in [4.69, 9.17) is 14.6 Å². The first-order chi connectivity index (χ1) is 17.5. The van der Waals surface area contributed by atoms with Crippen LogP contribution in [-0.4, -0.2) is 69.3 Å². The number of carbonyl (C=O) groups is 1. The van der Waals surface area contributed by atoms with Gasteiger partial charge in [0.2, 0.25) is 5.88 Å². The molecule has 0 radical (unpaired) electrons. The summed E-state index contributed by atoms with van der Waals surface area (Å²) in [5.74, 6) is -1.90. The number of hydrogen-bond acceptors (Lipinski definition) is 9. The minimum Gasteiger partial charge on any atom is -0.508 e. The van der Waals surface area contributed by atoms with Crippen LogP contribution in [0.4, 0.5) is 10.1 Å². The molecule has 1 aliphatic rings. The Morgan fingerprint density at radius 2 is 1.92 bits per heavy atom. The molecule has 10 nitrogen and oxygen atoms in total. The number of anilines is 1. The number of carboxylic acid groups (broad SMARTS) is 1. The lowest BCUT2D eigenvalue weighted by Crippen LogP contribution is -2.36. The molecule has 2 aromatic heterocycles. The van der Waals surface area contributed by atoms with Crippen molar-refractivity contribution in [3.05, 3.63) is 65.9 Å². The average Bonchev–Trinajstić information content (AvgIpc) is 2.89. The zero-order valence-corrected chi connectivity index (χ0v) is 19.1. The van der Waals surface area contributed by atoms with E-state index in [1.54, 1.807) is 12.1 Å². The fraction of sp³-hybridized carbons (Fsp3) is 0.240. The highest BCUT2D eigenvalue weighted by Gasteiger charge is 2.18. The van der Waals surface area contributed by atoms with Crippen LogP contribution >= 0.6 is 0 Å². The molecule has 1 saturated heterocycles. The molecule has 2 aromatic carbocycles. The van der Waals surface area contributed by atoms with E-state index in [2.05, 4.69) is 25.1 Å². The summed E-state index contributed by atoms with van der Waals surface area (Å²) in [6.07, 6.45) is 1.56. The molecule has 4 aromatic rings. The summed E-state index contributed by atoms with van der Waals surface area (Å²) in [7, 11) is 0. The molecule has 0 bridgehead atoms. The largest absolute Gasteiger partial charge is 0.508 e. The maximum absolute atomic E-state index is 15.0. The number of carboxylic acids is 1. The third-order valence-electron chi connectivity index (χ3n) is 5.83. The summed E-state index contributed by atoms with van der Waals surface area (Å²) < 4.78 is 25.4. The lowest BCUT2D eigenvalue weighted by Gasteiger charge is -2.29. The Labute approximate surface area is 205 Å². The molecule has 36 heavy (non-hydrogen) atoms. The molecule has 1 aliphatic heterocycles. The highest BCUT2D eigenvalue weighted by molar-refractivity contribution is 5.94. The van der Waals surface area contributed by atoms with Crippen LogP contribution in [0.1, 0.15) is 11.3 Å². The lowest BCUT2D eigenvalue weighted by atomic mass is 10.00. The first-order valence-corrected chi connectivity index (χ1v) is 11.2. The number of nitrogens with zero attached hydrogens (tertiary/aromatic N) is 5. The summed E-state index contributed by atoms with van der Waals surface area (Å²) in [4.78, 5) is 21.6. The number of aromatic nitrogens is 4. The molecule has 11 heteroatoms. The monoisotopic (exact) mass is 491 g/mol. The average molecular weight is 491 g/mol. The Morgan fingerprint density at radius 1 is 1.08 bits per heavy atom. The van der Waals surface area contributed by atoms with Crippen LogP contribution in [0, 0.1) is 5.82 Å². The van der Waals surface area contributed by atoms with E-state index in [0.29, 0.717) is 41.1 Å². The minimum absolute atomic E-state index is 0.0640. The topological polar surface area (TPSA) is 131 Å². The van der Waals surface area contributed by atoms with Crippen LogP contribution < -0.4 is 9.64 Å². The highest BCUT2D eigenvalue weighted by atomic mass is 19.1. The van der Waals surface area contributed by atoms with Gasteiger partial charge in [-0.2, -0.15) is 5.10 Å². The van der Waals surface area contributed by atoms with Crippen LogP contribution in [-0.2, 0) is 16.0 Å². The van der Waals surface area contributed by atoms with Gasteiger partial charge in [0.25, 0.3) is 0 Å². The van der Waals surface area contributed by atoms with Gasteiger partial charge in [0.05, 0.1) is 30.1 Å². The number of phenolic OH excluding ortho intramolecular Hbond substituents is 1. The van der Waals surface area contributed by atoms with Crippen LogP contribution in [0.2, 0.25) is 0 Å². The number of benzene rings is 2. The van der Waals surface area contributed by atoms with Gasteiger partial charge in [-0.3, -0.25) is 0 Å². The molecule has 0 saturated carbocycles. The van der Waals surface area contributed by atoms with E-state index >= 15 is 4.39 Å². The van der Waals surface area contributed by atoms with E-state index in [0.717, 1.165) is 24.8 Å². The van der Waals surface area contributed by atoms with Crippen molar-refractivity contribution in [2.75, 3.05) is 37.8 Å². The van der Waals surface area contributed by atoms with Crippen molar-refractivity contribution in [1.82, 2.24) is 20.2 Å². The summed E-state index contributed by atoms with van der Waals surface area (Å²) in [6.45, 7) is 2.37. The van der Waals surface area contributed by atoms with Crippen molar-refractivity contribution in [3.63, 3.8) is 0 Å². The fourth-order valence-electron chi connectivity index (χ4n) is 4.06. The normalized spacial score (nSPS) is 13.6. The number of rotatable bonds is 7. The molecule has 0 spiro atoms. The number of halogens is 1. The third kappa shape index (κ3) is 5.01. The van der Waals surface area contributed by atoms with Gasteiger partial charge in [0, 0.05) is 53.8 Å². The zero-order chi connectivity index (χ0) is 25.1. The first-order valence-electron chi connectivity index (χ1n) is 11.2. The van der Waals surface area contributed by atoms with Gasteiger partial charge in [-0.05, 0) is 30.3 Å². The number of phenols is 1. The predicted molar refractivity (Wildman–Crippen MR) is 128 cm³/mol. The van der Waals surface area contributed by atoms with Crippen molar-refractivity contribution in [1.29, 1.82) is 0 Å². The fourth-order valence-corrected chi connectivity index (χ4v) is 4.06. The molecule has 3 heterocycles. The molecule has 0 amide bonds. The maximum atomic E-state index is 15.0. The van der Waals surface area contributed by atoms with E-state index in [9.17, 15) is 9.90 Å². The Kier molecular flexibility index (Phi) is 6.54. The number of hydrogen-bond donors (Lipinski definition) is 2. The molecular formula is C25H22FN5O5. The van der Waals surface area contributed by atoms with Crippen molar-refractivity contribution >= 4 is 22.6 Å². The van der Waals surface area contributed by atoms with E-state index in [1.807, 2.05) is 18.2 Å². The smallest absolute Gasteiger partial charge is 0.341 e. The zero-order valence-electron chi connectivity index (χ0n) is 19.1. The lowest BCUT2D eigenvalue weighted by molar-refractivity contribution is -0.139.